The minimum Gasteiger partial charge on any atom is -0.462 e. The van der Waals surface area contributed by atoms with Crippen LogP contribution < -0.4 is 0 Å². The molecule has 0 saturated carbocycles. The summed E-state index contributed by atoms with van der Waals surface area (Å²) in [6, 6.07) is 8.74. The third kappa shape index (κ3) is 3.29. The molecule has 1 rings (SSSR count). The van der Waals surface area contributed by atoms with Crippen LogP contribution in [0, 0.1) is 11.3 Å². The van der Waals surface area contributed by atoms with Gasteiger partial charge in [-0.05, 0) is 31.6 Å². The van der Waals surface area contributed by atoms with Crippen molar-refractivity contribution >= 4 is 17.8 Å². The van der Waals surface area contributed by atoms with E-state index in [4.69, 9.17) is 10.00 Å². The molecular formula is C14H13NO3. The Kier molecular flexibility index (Phi) is 4.82. The number of nitriles is 1. The largest absolute Gasteiger partial charge is 0.462 e. The van der Waals surface area contributed by atoms with E-state index < -0.39 is 5.97 Å². The van der Waals surface area contributed by atoms with Gasteiger partial charge in [-0.25, -0.2) is 4.79 Å². The molecule has 1 aromatic carbocycles. The van der Waals surface area contributed by atoms with Gasteiger partial charge in [0.25, 0.3) is 0 Å². The summed E-state index contributed by atoms with van der Waals surface area (Å²) in [6.45, 7) is 3.15. The smallest absolute Gasteiger partial charge is 0.341 e. The first kappa shape index (κ1) is 13.7. The Labute approximate surface area is 105 Å². The van der Waals surface area contributed by atoms with E-state index in [-0.39, 0.29) is 18.0 Å². The van der Waals surface area contributed by atoms with Crippen LogP contribution in [-0.4, -0.2) is 18.4 Å². The highest BCUT2D eigenvalue weighted by atomic mass is 16.5. The summed E-state index contributed by atoms with van der Waals surface area (Å²) in [4.78, 5) is 23.0. The summed E-state index contributed by atoms with van der Waals surface area (Å²) < 4.78 is 4.80. The number of esters is 1. The molecule has 0 aromatic heterocycles. The Morgan fingerprint density at radius 3 is 2.61 bits per heavy atom. The summed E-state index contributed by atoms with van der Waals surface area (Å²) in [5.74, 6) is -1.06. The summed E-state index contributed by atoms with van der Waals surface area (Å²) in [5.41, 5.74) is 0.873. The van der Waals surface area contributed by atoms with Gasteiger partial charge in [-0.15, -0.1) is 0 Å². The lowest BCUT2D eigenvalue weighted by Crippen LogP contribution is -2.13. The standard InChI is InChI=1S/C14H13NO3/c1-3-18-14(17)13(10(2)16)8-11-6-4-5-7-12(11)9-15/h4-8H,3H2,1-2H3/b13-8+. The number of nitrogens with zero attached hydrogens (tertiary/aromatic N) is 1. The van der Waals surface area contributed by atoms with Crippen LogP contribution in [0.15, 0.2) is 29.8 Å². The normalized spacial score (nSPS) is 10.6. The van der Waals surface area contributed by atoms with Gasteiger partial charge in [-0.1, -0.05) is 18.2 Å². The maximum Gasteiger partial charge on any atom is 0.341 e. The molecule has 92 valence electrons. The zero-order valence-electron chi connectivity index (χ0n) is 10.3. The Morgan fingerprint density at radius 2 is 2.06 bits per heavy atom. The number of ether oxygens (including phenoxy) is 1. The monoisotopic (exact) mass is 243 g/mol. The van der Waals surface area contributed by atoms with Crippen molar-refractivity contribution in [2.45, 2.75) is 13.8 Å². The molecule has 0 bridgehead atoms. The van der Waals surface area contributed by atoms with Crippen LogP contribution in [-0.2, 0) is 14.3 Å². The Bertz CT molecular complexity index is 538. The van der Waals surface area contributed by atoms with Gasteiger partial charge in [0.1, 0.15) is 5.57 Å². The fourth-order valence-electron chi connectivity index (χ4n) is 1.39. The van der Waals surface area contributed by atoms with Crippen molar-refractivity contribution in [2.75, 3.05) is 6.61 Å². The molecule has 0 saturated heterocycles. The molecular weight excluding hydrogens is 230 g/mol. The molecule has 0 aliphatic carbocycles. The van der Waals surface area contributed by atoms with Gasteiger partial charge in [-0.2, -0.15) is 5.26 Å². The van der Waals surface area contributed by atoms with Crippen molar-refractivity contribution in [1.82, 2.24) is 0 Å². The van der Waals surface area contributed by atoms with E-state index in [0.717, 1.165) is 0 Å². The first-order valence-corrected chi connectivity index (χ1v) is 5.49. The summed E-state index contributed by atoms with van der Waals surface area (Å²) in [6.07, 6.45) is 1.39. The van der Waals surface area contributed by atoms with Crippen molar-refractivity contribution in [3.8, 4) is 6.07 Å². The maximum absolute atomic E-state index is 11.6. The molecule has 0 unspecified atom stereocenters. The number of carbonyl (C=O) groups is 2. The van der Waals surface area contributed by atoms with E-state index in [2.05, 4.69) is 0 Å². The molecule has 4 nitrogen and oxygen atoms in total. The molecule has 0 aliphatic rings. The van der Waals surface area contributed by atoms with Gasteiger partial charge in [0.05, 0.1) is 18.2 Å². The lowest BCUT2D eigenvalue weighted by atomic mass is 10.0. The Hall–Kier alpha value is -2.41. The molecule has 0 N–H and O–H groups in total. The van der Waals surface area contributed by atoms with Crippen molar-refractivity contribution < 1.29 is 14.3 Å². The molecule has 0 heterocycles. The zero-order valence-corrected chi connectivity index (χ0v) is 10.3. The van der Waals surface area contributed by atoms with Gasteiger partial charge < -0.3 is 4.74 Å². The first-order chi connectivity index (χ1) is 8.60. The van der Waals surface area contributed by atoms with E-state index in [1.54, 1.807) is 31.2 Å². The van der Waals surface area contributed by atoms with Gasteiger partial charge >= 0.3 is 5.97 Å². The highest BCUT2D eigenvalue weighted by Gasteiger charge is 2.16. The van der Waals surface area contributed by atoms with E-state index >= 15 is 0 Å². The predicted molar refractivity (Wildman–Crippen MR) is 66.4 cm³/mol. The second-order valence-electron chi connectivity index (χ2n) is 3.53. The first-order valence-electron chi connectivity index (χ1n) is 5.49. The maximum atomic E-state index is 11.6. The fraction of sp³-hybridized carbons (Fsp3) is 0.214. The number of hydrogen-bond acceptors (Lipinski definition) is 4. The van der Waals surface area contributed by atoms with E-state index in [0.29, 0.717) is 11.1 Å². The molecule has 1 aromatic rings. The SMILES string of the molecule is CCOC(=O)/C(=C/c1ccccc1C#N)C(C)=O. The lowest BCUT2D eigenvalue weighted by molar-refractivity contribution is -0.139. The van der Waals surface area contributed by atoms with Gasteiger partial charge in [0.2, 0.25) is 0 Å². The molecule has 0 spiro atoms. The van der Waals surface area contributed by atoms with Crippen LogP contribution >= 0.6 is 0 Å². The molecule has 0 radical (unpaired) electrons. The van der Waals surface area contributed by atoms with Crippen LogP contribution in [0.4, 0.5) is 0 Å². The second kappa shape index (κ2) is 6.36. The number of carbonyl (C=O) groups excluding carboxylic acids is 2. The Balaban J connectivity index is 3.21. The molecule has 4 heteroatoms. The quantitative estimate of drug-likeness (QED) is 0.351. The number of rotatable bonds is 4. The number of hydrogen-bond donors (Lipinski definition) is 0. The summed E-state index contributed by atoms with van der Waals surface area (Å²) in [7, 11) is 0. The van der Waals surface area contributed by atoms with E-state index in [9.17, 15) is 9.59 Å². The highest BCUT2D eigenvalue weighted by molar-refractivity contribution is 6.19. The highest BCUT2D eigenvalue weighted by Crippen LogP contribution is 2.14. The third-order valence-corrected chi connectivity index (χ3v) is 2.26. The van der Waals surface area contributed by atoms with Crippen LogP contribution in [0.25, 0.3) is 6.08 Å². The van der Waals surface area contributed by atoms with Crippen LogP contribution in [0.2, 0.25) is 0 Å². The third-order valence-electron chi connectivity index (χ3n) is 2.26. The van der Waals surface area contributed by atoms with Crippen LogP contribution in [0.1, 0.15) is 25.0 Å². The average Bonchev–Trinajstić information content (AvgIpc) is 2.36. The summed E-state index contributed by atoms with van der Waals surface area (Å²) >= 11 is 0. The minimum atomic E-state index is -0.669. The van der Waals surface area contributed by atoms with E-state index in [1.807, 2.05) is 6.07 Å². The van der Waals surface area contributed by atoms with Crippen LogP contribution in [0.3, 0.4) is 0 Å². The average molecular weight is 243 g/mol. The topological polar surface area (TPSA) is 67.2 Å². The molecule has 0 aliphatic heterocycles. The van der Waals surface area contributed by atoms with Crippen molar-refractivity contribution in [1.29, 1.82) is 5.26 Å². The fourth-order valence-corrected chi connectivity index (χ4v) is 1.39. The van der Waals surface area contributed by atoms with Crippen LogP contribution in [0.5, 0.6) is 0 Å². The minimum absolute atomic E-state index is 0.0560. The van der Waals surface area contributed by atoms with Crippen molar-refractivity contribution in [2.24, 2.45) is 0 Å². The van der Waals surface area contributed by atoms with E-state index in [1.165, 1.54) is 13.0 Å². The number of Topliss-reactive ketones (excluding diaryl/α,β-unsaturated/α-hetero) is 1. The van der Waals surface area contributed by atoms with Crippen molar-refractivity contribution in [3.63, 3.8) is 0 Å². The molecule has 0 fully saturated rings. The van der Waals surface area contributed by atoms with Gasteiger partial charge in [-0.3, -0.25) is 4.79 Å². The zero-order chi connectivity index (χ0) is 13.5. The molecule has 18 heavy (non-hydrogen) atoms. The predicted octanol–water partition coefficient (Wildman–Crippen LogP) is 2.09. The van der Waals surface area contributed by atoms with Gasteiger partial charge in [0.15, 0.2) is 5.78 Å². The van der Waals surface area contributed by atoms with Crippen molar-refractivity contribution in [3.05, 3.63) is 41.0 Å². The molecule has 0 amide bonds. The number of ketones is 1. The Morgan fingerprint density at radius 1 is 1.39 bits per heavy atom. The number of benzene rings is 1. The van der Waals surface area contributed by atoms with Gasteiger partial charge in [0, 0.05) is 0 Å². The molecule has 0 atom stereocenters. The second-order valence-corrected chi connectivity index (χ2v) is 3.53. The summed E-state index contributed by atoms with van der Waals surface area (Å²) in [5, 5.41) is 8.93. The lowest BCUT2D eigenvalue weighted by Gasteiger charge is -2.04.